The maximum absolute atomic E-state index is 13.0. The van der Waals surface area contributed by atoms with Gasteiger partial charge in [-0.15, -0.1) is 11.3 Å². The molecule has 1 aromatic heterocycles. The Morgan fingerprint density at radius 3 is 2.53 bits per heavy atom. The van der Waals surface area contributed by atoms with Crippen molar-refractivity contribution in [3.8, 4) is 16.2 Å². The minimum Gasteiger partial charge on any atom is -0.477 e. The summed E-state index contributed by atoms with van der Waals surface area (Å²) in [4.78, 5) is 22.8. The van der Waals surface area contributed by atoms with Crippen LogP contribution in [0.25, 0.3) is 10.4 Å². The van der Waals surface area contributed by atoms with E-state index in [0.29, 0.717) is 50.9 Å². The Morgan fingerprint density at radius 2 is 1.89 bits per heavy atom. The number of sulfonamides is 1. The molecule has 2 N–H and O–H groups in total. The number of carbonyl (C=O) groups is 1. The van der Waals surface area contributed by atoms with E-state index in [0.717, 1.165) is 28.8 Å². The summed E-state index contributed by atoms with van der Waals surface area (Å²) in [5.41, 5.74) is 2.10. The number of ether oxygens (including phenoxy) is 1. The molecular formula is C25H21BrCl2N2O6S2. The molecule has 0 unspecified atom stereocenters. The van der Waals surface area contributed by atoms with Crippen LogP contribution in [0.2, 0.25) is 10.0 Å². The quantitative estimate of drug-likeness (QED) is 0.204. The lowest BCUT2D eigenvalue weighted by molar-refractivity contribution is 0.0699. The second-order valence-electron chi connectivity index (χ2n) is 8.49. The van der Waals surface area contributed by atoms with Crippen molar-refractivity contribution < 1.29 is 27.9 Å². The molecule has 2 heterocycles. The lowest BCUT2D eigenvalue weighted by atomic mass is 10.1. The molecule has 0 bridgehead atoms. The zero-order chi connectivity index (χ0) is 27.4. The highest BCUT2D eigenvalue weighted by Crippen LogP contribution is 2.46. The first-order valence-electron chi connectivity index (χ1n) is 11.3. The van der Waals surface area contributed by atoms with Gasteiger partial charge in [-0.25, -0.2) is 22.3 Å². The van der Waals surface area contributed by atoms with Crippen LogP contribution in [0.3, 0.4) is 0 Å². The van der Waals surface area contributed by atoms with Crippen LogP contribution < -0.4 is 10.1 Å². The second kappa shape index (κ2) is 12.2. The van der Waals surface area contributed by atoms with Gasteiger partial charge in [0.1, 0.15) is 0 Å². The van der Waals surface area contributed by atoms with Crippen molar-refractivity contribution >= 4 is 78.1 Å². The summed E-state index contributed by atoms with van der Waals surface area (Å²) in [7, 11) is -3.53. The van der Waals surface area contributed by atoms with Gasteiger partial charge in [0.05, 0.1) is 15.1 Å². The van der Waals surface area contributed by atoms with Crippen LogP contribution in [0.5, 0.6) is 5.75 Å². The second-order valence-corrected chi connectivity index (χ2v) is 13.1. The Hall–Kier alpha value is -2.37. The number of piperidine rings is 1. The summed E-state index contributed by atoms with van der Waals surface area (Å²) < 4.78 is 33.0. The molecule has 0 atom stereocenters. The molecule has 0 aliphatic carbocycles. The van der Waals surface area contributed by atoms with Crippen molar-refractivity contribution in [1.82, 2.24) is 4.31 Å². The average Bonchev–Trinajstić information content (AvgIpc) is 3.18. The summed E-state index contributed by atoms with van der Waals surface area (Å²) in [5.74, 6) is 0.163. The number of carbonyl (C=O) groups excluding carboxylic acids is 1. The van der Waals surface area contributed by atoms with Gasteiger partial charge >= 0.3 is 5.97 Å². The van der Waals surface area contributed by atoms with Crippen LogP contribution in [-0.4, -0.2) is 48.9 Å². The normalized spacial score (nSPS) is 14.6. The van der Waals surface area contributed by atoms with E-state index in [2.05, 4.69) is 21.2 Å². The number of thiophene rings is 1. The minimum atomic E-state index is -3.53. The smallest absolute Gasteiger partial charge is 0.349 e. The van der Waals surface area contributed by atoms with E-state index >= 15 is 0 Å². The fourth-order valence-electron chi connectivity index (χ4n) is 4.17. The van der Waals surface area contributed by atoms with Crippen LogP contribution >= 0.6 is 50.5 Å². The Kier molecular flexibility index (Phi) is 9.20. The number of halogens is 3. The topological polar surface area (TPSA) is 113 Å². The van der Waals surface area contributed by atoms with Crippen LogP contribution in [-0.2, 0) is 20.6 Å². The fourth-order valence-corrected chi connectivity index (χ4v) is 8.14. The molecule has 2 aromatic carbocycles. The van der Waals surface area contributed by atoms with E-state index in [1.807, 2.05) is 24.3 Å². The molecule has 1 saturated heterocycles. The van der Waals surface area contributed by atoms with E-state index in [1.54, 1.807) is 18.2 Å². The lowest BCUT2D eigenvalue weighted by Gasteiger charge is -2.32. The Labute approximate surface area is 242 Å². The van der Waals surface area contributed by atoms with Crippen molar-refractivity contribution in [3.63, 3.8) is 0 Å². The number of anilines is 1. The van der Waals surface area contributed by atoms with E-state index in [1.165, 1.54) is 10.2 Å². The van der Waals surface area contributed by atoms with Gasteiger partial charge in [-0.05, 0) is 70.2 Å². The number of rotatable bonds is 9. The molecule has 1 aliphatic heterocycles. The van der Waals surface area contributed by atoms with Crippen LogP contribution in [0.15, 0.2) is 53.2 Å². The first kappa shape index (κ1) is 28.6. The molecule has 13 heteroatoms. The van der Waals surface area contributed by atoms with Gasteiger partial charge in [-0.1, -0.05) is 35.3 Å². The van der Waals surface area contributed by atoms with Gasteiger partial charge in [0.15, 0.2) is 22.8 Å². The molecule has 1 fully saturated rings. The predicted octanol–water partition coefficient (Wildman–Crippen LogP) is 6.31. The third-order valence-corrected chi connectivity index (χ3v) is 10.4. The zero-order valence-corrected chi connectivity index (χ0v) is 24.3. The molecule has 8 nitrogen and oxygen atoms in total. The van der Waals surface area contributed by atoms with Crippen LogP contribution in [0.4, 0.5) is 5.69 Å². The maximum atomic E-state index is 13.0. The lowest BCUT2D eigenvalue weighted by Crippen LogP contribution is -2.42. The average molecular weight is 660 g/mol. The Balaban J connectivity index is 1.43. The third kappa shape index (κ3) is 6.79. The number of benzene rings is 2. The fraction of sp³-hybridized carbons (Fsp3) is 0.240. The first-order chi connectivity index (χ1) is 18.1. The van der Waals surface area contributed by atoms with Gasteiger partial charge in [0.25, 0.3) is 0 Å². The number of carboxylic acid groups (broad SMARTS) is 1. The molecule has 0 radical (unpaired) electrons. The largest absolute Gasteiger partial charge is 0.477 e. The summed E-state index contributed by atoms with van der Waals surface area (Å²) in [5, 5.41) is 13.8. The van der Waals surface area contributed by atoms with Gasteiger partial charge in [-0.2, -0.15) is 0 Å². The monoisotopic (exact) mass is 658 g/mol. The molecule has 38 heavy (non-hydrogen) atoms. The SMILES string of the molecule is O=C=COc1c(C(=O)O)sc(-c2cccc(NC3CCN(S(=O)(=O)Cc4cc(Cl)cc(Cl)c4)CC3)c2)c1Br. The van der Waals surface area contributed by atoms with Crippen molar-refractivity contribution in [2.45, 2.75) is 24.6 Å². The van der Waals surface area contributed by atoms with Crippen molar-refractivity contribution in [3.05, 3.63) is 73.7 Å². The molecule has 3 aromatic rings. The Morgan fingerprint density at radius 1 is 1.21 bits per heavy atom. The molecular weight excluding hydrogens is 639 g/mol. The van der Waals surface area contributed by atoms with E-state index < -0.39 is 16.0 Å². The van der Waals surface area contributed by atoms with Gasteiger partial charge in [0.2, 0.25) is 10.0 Å². The predicted molar refractivity (Wildman–Crippen MR) is 153 cm³/mol. The van der Waals surface area contributed by atoms with Crippen molar-refractivity contribution in [2.24, 2.45) is 0 Å². The van der Waals surface area contributed by atoms with Crippen molar-refractivity contribution in [2.75, 3.05) is 18.4 Å². The van der Waals surface area contributed by atoms with Gasteiger partial charge < -0.3 is 15.2 Å². The van der Waals surface area contributed by atoms with Crippen molar-refractivity contribution in [1.29, 1.82) is 0 Å². The highest BCUT2D eigenvalue weighted by Gasteiger charge is 2.29. The number of nitrogens with one attached hydrogen (secondary N) is 1. The van der Waals surface area contributed by atoms with E-state index in [4.69, 9.17) is 27.9 Å². The molecule has 0 amide bonds. The van der Waals surface area contributed by atoms with E-state index in [9.17, 15) is 23.1 Å². The Bertz CT molecular complexity index is 1490. The molecule has 200 valence electrons. The number of aromatic carboxylic acids is 1. The zero-order valence-electron chi connectivity index (χ0n) is 19.6. The molecule has 0 spiro atoms. The standard InChI is InChI=1S/C25H21BrCl2N2O6S2/c26-21-22(36-9-8-31)24(25(32)33)37-23(21)16-2-1-3-20(12-16)29-19-4-6-30(7-5-19)38(34,35)14-15-10-17(27)13-18(28)11-15/h1-3,9-13,19,29H,4-7,14H2,(H,32,33). The maximum Gasteiger partial charge on any atom is 0.349 e. The van der Waals surface area contributed by atoms with E-state index in [-0.39, 0.29) is 22.4 Å². The summed E-state index contributed by atoms with van der Waals surface area (Å²) >= 11 is 16.4. The molecule has 4 rings (SSSR count). The van der Waals surface area contributed by atoms with Gasteiger partial charge in [-0.3, -0.25) is 0 Å². The van der Waals surface area contributed by atoms with Gasteiger partial charge in [0, 0.05) is 34.9 Å². The van der Waals surface area contributed by atoms with Crippen LogP contribution in [0.1, 0.15) is 28.1 Å². The summed E-state index contributed by atoms with van der Waals surface area (Å²) in [6, 6.07) is 12.3. The molecule has 1 aliphatic rings. The summed E-state index contributed by atoms with van der Waals surface area (Å²) in [6.45, 7) is 0.745. The number of nitrogens with zero attached hydrogens (tertiary/aromatic N) is 1. The molecule has 0 saturated carbocycles. The highest BCUT2D eigenvalue weighted by atomic mass is 79.9. The first-order valence-corrected chi connectivity index (χ1v) is 15.3. The summed E-state index contributed by atoms with van der Waals surface area (Å²) in [6.07, 6.45) is 1.99. The third-order valence-electron chi connectivity index (χ3n) is 5.84. The van der Waals surface area contributed by atoms with Crippen LogP contribution in [0, 0.1) is 0 Å². The highest BCUT2D eigenvalue weighted by molar-refractivity contribution is 9.10. The minimum absolute atomic E-state index is 0.0350. The number of carboxylic acids is 1. The number of hydrogen-bond acceptors (Lipinski definition) is 7. The number of hydrogen-bond donors (Lipinski definition) is 2.